The van der Waals surface area contributed by atoms with Crippen LogP contribution in [0.1, 0.15) is 69.9 Å². The van der Waals surface area contributed by atoms with Gasteiger partial charge in [-0.05, 0) is 99.7 Å². The summed E-state index contributed by atoms with van der Waals surface area (Å²) in [5.41, 5.74) is 2.63. The number of phenolic OH excluding ortho intramolecular Hbond substituents is 1. The number of rotatable bonds is 9. The molecule has 206 valence electrons. The van der Waals surface area contributed by atoms with Crippen LogP contribution in [0, 0.1) is 11.8 Å². The summed E-state index contributed by atoms with van der Waals surface area (Å²) in [7, 11) is 0. The molecule has 2 aromatic carbocycles. The minimum atomic E-state index is -0.0153. The van der Waals surface area contributed by atoms with Crippen LogP contribution in [0.25, 0.3) is 0 Å². The number of nitrogens with one attached hydrogen (secondary N) is 1. The molecule has 5 heteroatoms. The number of likely N-dealkylation sites (tertiary alicyclic amines) is 2. The number of nitrogens with zero attached hydrogens (tertiary/aromatic N) is 2. The minimum Gasteiger partial charge on any atom is -0.508 e. The maximum atomic E-state index is 13.1. The van der Waals surface area contributed by atoms with Gasteiger partial charge >= 0.3 is 0 Å². The largest absolute Gasteiger partial charge is 0.508 e. The van der Waals surface area contributed by atoms with E-state index in [4.69, 9.17) is 0 Å². The molecule has 0 aromatic heterocycles. The van der Waals surface area contributed by atoms with Gasteiger partial charge in [-0.15, -0.1) is 0 Å². The highest BCUT2D eigenvalue weighted by Gasteiger charge is 2.51. The van der Waals surface area contributed by atoms with Crippen molar-refractivity contribution >= 4 is 5.91 Å². The zero-order chi connectivity index (χ0) is 26.5. The van der Waals surface area contributed by atoms with Crippen LogP contribution in [0.5, 0.6) is 5.75 Å². The molecule has 4 atom stereocenters. The Morgan fingerprint density at radius 3 is 2.58 bits per heavy atom. The number of fused-ring (bicyclic) bond motifs is 2. The quantitative estimate of drug-likeness (QED) is 0.469. The standard InChI is InChI=1S/C33H47N3O2/c1-25-13-17-35(18-14-25)19-15-32(38)34-29-21-30-23-33(22-29,28-11-6-12-31(37)20-28)26(2)24-36(30)16-7-10-27-8-4-3-5-9-27/h3-6,8-9,11-12,20,25-26,29-30,37H,7,10,13-19,21-24H2,1-2H3,(H,34,38)/t26?,29-,30?,33?/m0/s1. The Morgan fingerprint density at radius 2 is 1.82 bits per heavy atom. The first-order valence-electron chi connectivity index (χ1n) is 15.0. The Labute approximate surface area is 229 Å². The minimum absolute atomic E-state index is 0.0153. The lowest BCUT2D eigenvalue weighted by atomic mass is 9.57. The fourth-order valence-corrected chi connectivity index (χ4v) is 7.49. The molecular formula is C33H47N3O2. The molecule has 5 nitrogen and oxygen atoms in total. The first-order chi connectivity index (χ1) is 18.4. The van der Waals surface area contributed by atoms with Crippen molar-refractivity contribution in [2.45, 2.75) is 82.7 Å². The summed E-state index contributed by atoms with van der Waals surface area (Å²) in [5.74, 6) is 1.80. The highest BCUT2D eigenvalue weighted by atomic mass is 16.3. The molecule has 5 rings (SSSR count). The van der Waals surface area contributed by atoms with Gasteiger partial charge in [0.05, 0.1) is 0 Å². The van der Waals surface area contributed by atoms with E-state index in [-0.39, 0.29) is 17.4 Å². The third-order valence-electron chi connectivity index (χ3n) is 9.81. The summed E-state index contributed by atoms with van der Waals surface area (Å²) in [4.78, 5) is 18.3. The number of phenols is 1. The number of aromatic hydroxyl groups is 1. The average Bonchev–Trinajstić information content (AvgIpc) is 2.92. The number of carbonyl (C=O) groups is 1. The van der Waals surface area contributed by atoms with E-state index in [1.165, 1.54) is 24.0 Å². The van der Waals surface area contributed by atoms with Gasteiger partial charge in [0, 0.05) is 37.0 Å². The lowest BCUT2D eigenvalue weighted by Gasteiger charge is -2.56. The predicted octanol–water partition coefficient (Wildman–Crippen LogP) is 5.37. The molecule has 2 heterocycles. The number of hydrogen-bond acceptors (Lipinski definition) is 4. The second kappa shape index (κ2) is 12.2. The van der Waals surface area contributed by atoms with Gasteiger partial charge in [-0.25, -0.2) is 0 Å². The fourth-order valence-electron chi connectivity index (χ4n) is 7.49. The molecule has 2 N–H and O–H groups in total. The van der Waals surface area contributed by atoms with E-state index < -0.39 is 0 Å². The molecule has 38 heavy (non-hydrogen) atoms. The van der Waals surface area contributed by atoms with Crippen molar-refractivity contribution in [3.8, 4) is 5.75 Å². The molecule has 2 aliphatic heterocycles. The molecule has 3 fully saturated rings. The van der Waals surface area contributed by atoms with Crippen molar-refractivity contribution in [1.29, 1.82) is 0 Å². The van der Waals surface area contributed by atoms with Crippen molar-refractivity contribution < 1.29 is 9.90 Å². The predicted molar refractivity (Wildman–Crippen MR) is 154 cm³/mol. The Kier molecular flexibility index (Phi) is 8.74. The van der Waals surface area contributed by atoms with Crippen molar-refractivity contribution in [1.82, 2.24) is 15.1 Å². The summed E-state index contributed by atoms with van der Waals surface area (Å²) in [6, 6.07) is 19.3. The van der Waals surface area contributed by atoms with Crippen LogP contribution < -0.4 is 5.32 Å². The number of carbonyl (C=O) groups excluding carboxylic acids is 1. The smallest absolute Gasteiger partial charge is 0.221 e. The van der Waals surface area contributed by atoms with Crippen molar-refractivity contribution in [2.24, 2.45) is 11.8 Å². The maximum absolute atomic E-state index is 13.1. The fraction of sp³-hybridized carbons (Fsp3) is 0.606. The lowest BCUT2D eigenvalue weighted by Crippen LogP contribution is -2.61. The van der Waals surface area contributed by atoms with Crippen molar-refractivity contribution in [2.75, 3.05) is 32.7 Å². The molecular weight excluding hydrogens is 470 g/mol. The zero-order valence-corrected chi connectivity index (χ0v) is 23.4. The van der Waals surface area contributed by atoms with E-state index in [0.717, 1.165) is 70.7 Å². The molecule has 1 saturated carbocycles. The molecule has 1 aliphatic carbocycles. The third kappa shape index (κ3) is 6.43. The van der Waals surface area contributed by atoms with Crippen LogP contribution in [-0.2, 0) is 16.6 Å². The number of aryl methyl sites for hydroxylation is 1. The van der Waals surface area contributed by atoms with Crippen LogP contribution in [0.2, 0.25) is 0 Å². The number of hydrogen-bond donors (Lipinski definition) is 2. The first-order valence-corrected chi connectivity index (χ1v) is 15.0. The molecule has 0 radical (unpaired) electrons. The van der Waals surface area contributed by atoms with Gasteiger partial charge in [0.15, 0.2) is 0 Å². The number of amides is 1. The molecule has 1 amide bonds. The van der Waals surface area contributed by atoms with Crippen molar-refractivity contribution in [3.63, 3.8) is 0 Å². The molecule has 2 saturated heterocycles. The molecule has 3 unspecified atom stereocenters. The van der Waals surface area contributed by atoms with Gasteiger partial charge in [-0.1, -0.05) is 56.3 Å². The summed E-state index contributed by atoms with van der Waals surface area (Å²) < 4.78 is 0. The molecule has 0 spiro atoms. The van der Waals surface area contributed by atoms with Gasteiger partial charge in [0.2, 0.25) is 5.91 Å². The first kappa shape index (κ1) is 27.2. The summed E-state index contributed by atoms with van der Waals surface area (Å²) >= 11 is 0. The summed E-state index contributed by atoms with van der Waals surface area (Å²) in [6.07, 6.45) is 8.41. The topological polar surface area (TPSA) is 55.8 Å². The highest BCUT2D eigenvalue weighted by Crippen LogP contribution is 2.50. The Balaban J connectivity index is 1.26. The highest BCUT2D eigenvalue weighted by molar-refractivity contribution is 5.76. The summed E-state index contributed by atoms with van der Waals surface area (Å²) in [5, 5.41) is 13.8. The molecule has 2 bridgehead atoms. The van der Waals surface area contributed by atoms with Gasteiger partial charge < -0.3 is 15.3 Å². The van der Waals surface area contributed by atoms with Gasteiger partial charge in [0.1, 0.15) is 5.75 Å². The van der Waals surface area contributed by atoms with Gasteiger partial charge in [-0.3, -0.25) is 9.69 Å². The SMILES string of the molecule is CC1CCN(CCC(=O)N[C@H]2CC3CC(c4cccc(O)c4)(C2)C(C)CN3CCCc2ccccc2)CC1. The average molecular weight is 518 g/mol. The van der Waals surface area contributed by atoms with Crippen LogP contribution in [-0.4, -0.2) is 65.6 Å². The van der Waals surface area contributed by atoms with Crippen molar-refractivity contribution in [3.05, 3.63) is 65.7 Å². The normalized spacial score (nSPS) is 28.7. The lowest BCUT2D eigenvalue weighted by molar-refractivity contribution is -0.123. The van der Waals surface area contributed by atoms with E-state index in [2.05, 4.69) is 65.4 Å². The second-order valence-corrected chi connectivity index (χ2v) is 12.5. The summed E-state index contributed by atoms with van der Waals surface area (Å²) in [6.45, 7) is 9.99. The molecule has 3 aliphatic rings. The van der Waals surface area contributed by atoms with Gasteiger partial charge in [0.25, 0.3) is 0 Å². The Hall–Kier alpha value is -2.37. The van der Waals surface area contributed by atoms with Crippen LogP contribution in [0.4, 0.5) is 0 Å². The van der Waals surface area contributed by atoms with E-state index in [0.29, 0.717) is 24.1 Å². The van der Waals surface area contributed by atoms with E-state index in [1.54, 1.807) is 6.07 Å². The van der Waals surface area contributed by atoms with E-state index in [9.17, 15) is 9.90 Å². The van der Waals surface area contributed by atoms with Crippen LogP contribution >= 0.6 is 0 Å². The Morgan fingerprint density at radius 1 is 1.03 bits per heavy atom. The number of benzene rings is 2. The third-order valence-corrected chi connectivity index (χ3v) is 9.81. The maximum Gasteiger partial charge on any atom is 0.221 e. The van der Waals surface area contributed by atoms with Gasteiger partial charge in [-0.2, -0.15) is 0 Å². The molecule has 2 aromatic rings. The number of piperidine rings is 2. The Bertz CT molecular complexity index is 1050. The monoisotopic (exact) mass is 517 g/mol. The second-order valence-electron chi connectivity index (χ2n) is 12.5. The van der Waals surface area contributed by atoms with E-state index >= 15 is 0 Å². The van der Waals surface area contributed by atoms with E-state index in [1.807, 2.05) is 12.1 Å². The van der Waals surface area contributed by atoms with Crippen LogP contribution in [0.15, 0.2) is 54.6 Å². The van der Waals surface area contributed by atoms with Crippen LogP contribution in [0.3, 0.4) is 0 Å². The zero-order valence-electron chi connectivity index (χ0n) is 23.4.